The van der Waals surface area contributed by atoms with Crippen LogP contribution in [0.1, 0.15) is 65.6 Å². The van der Waals surface area contributed by atoms with Crippen molar-refractivity contribution in [3.05, 3.63) is 55.0 Å². The molecule has 3 aromatic rings. The minimum atomic E-state index is -0.827. The molecule has 1 aliphatic carbocycles. The number of pyridine rings is 1. The molecule has 0 spiro atoms. The molecule has 244 valence electrons. The Balaban J connectivity index is 1.75. The summed E-state index contributed by atoms with van der Waals surface area (Å²) >= 11 is 15.1. The van der Waals surface area contributed by atoms with E-state index in [0.717, 1.165) is 0 Å². The Labute approximate surface area is 292 Å². The molecule has 0 radical (unpaired) electrons. The van der Waals surface area contributed by atoms with Crippen LogP contribution in [0.25, 0.3) is 22.0 Å². The Bertz CT molecular complexity index is 1780. The van der Waals surface area contributed by atoms with Gasteiger partial charge in [-0.2, -0.15) is 5.26 Å². The molecule has 1 aromatic heterocycles. The van der Waals surface area contributed by atoms with Crippen molar-refractivity contribution in [1.82, 2.24) is 9.88 Å². The second kappa shape index (κ2) is 12.6. The predicted molar refractivity (Wildman–Crippen MR) is 186 cm³/mol. The number of amides is 2. The fraction of sp³-hybridized carbons (Fsp3) is 0.471. The molecule has 12 heteroatoms. The molecular formula is C34H36Cl2FIN4O4. The number of nitrogens with zero attached hydrogens (tertiary/aromatic N) is 4. The lowest BCUT2D eigenvalue weighted by Gasteiger charge is -2.44. The van der Waals surface area contributed by atoms with Gasteiger partial charge in [0.1, 0.15) is 16.7 Å². The van der Waals surface area contributed by atoms with E-state index >= 15 is 4.39 Å². The normalized spacial score (nSPS) is 19.1. The van der Waals surface area contributed by atoms with E-state index in [9.17, 15) is 14.9 Å². The highest BCUT2D eigenvalue weighted by molar-refractivity contribution is 14.1. The van der Waals surface area contributed by atoms with Crippen molar-refractivity contribution >= 4 is 74.6 Å². The number of carbonyl (C=O) groups excluding carboxylic acids is 2. The van der Waals surface area contributed by atoms with E-state index in [1.54, 1.807) is 61.8 Å². The number of fused-ring (bicyclic) bond motifs is 2. The van der Waals surface area contributed by atoms with Crippen molar-refractivity contribution in [3.63, 3.8) is 0 Å². The van der Waals surface area contributed by atoms with Crippen LogP contribution in [-0.4, -0.2) is 51.9 Å². The van der Waals surface area contributed by atoms with E-state index in [-0.39, 0.29) is 45.9 Å². The van der Waals surface area contributed by atoms with Gasteiger partial charge in [-0.25, -0.2) is 19.0 Å². The van der Waals surface area contributed by atoms with E-state index in [1.165, 1.54) is 0 Å². The molecule has 2 bridgehead atoms. The first-order valence-corrected chi connectivity index (χ1v) is 16.9. The monoisotopic (exact) mass is 780 g/mol. The zero-order valence-corrected chi connectivity index (χ0v) is 30.5. The summed E-state index contributed by atoms with van der Waals surface area (Å²) in [5, 5.41) is 10.3. The summed E-state index contributed by atoms with van der Waals surface area (Å²) in [5.41, 5.74) is 0.611. The number of ether oxygens (including phenoxy) is 2. The number of rotatable bonds is 5. The van der Waals surface area contributed by atoms with Crippen LogP contribution >= 0.6 is 45.8 Å². The van der Waals surface area contributed by atoms with Gasteiger partial charge in [-0.1, -0.05) is 35.3 Å². The Morgan fingerprint density at radius 1 is 1.17 bits per heavy atom. The number of hydrogen-bond donors (Lipinski definition) is 0. The molecule has 8 nitrogen and oxygen atoms in total. The van der Waals surface area contributed by atoms with Crippen molar-refractivity contribution in [1.29, 1.82) is 5.26 Å². The van der Waals surface area contributed by atoms with Gasteiger partial charge in [-0.3, -0.25) is 4.90 Å². The highest BCUT2D eigenvalue weighted by Crippen LogP contribution is 2.50. The van der Waals surface area contributed by atoms with Gasteiger partial charge in [0, 0.05) is 35.4 Å². The number of aryl methyl sites for hydroxylation is 2. The van der Waals surface area contributed by atoms with Crippen LogP contribution in [0.4, 0.5) is 19.7 Å². The van der Waals surface area contributed by atoms with Crippen LogP contribution < -0.4 is 4.90 Å². The number of aromatic nitrogens is 1. The predicted octanol–water partition coefficient (Wildman–Crippen LogP) is 9.47. The van der Waals surface area contributed by atoms with Crippen molar-refractivity contribution < 1.29 is 23.5 Å². The lowest BCUT2D eigenvalue weighted by atomic mass is 9.78. The first-order valence-electron chi connectivity index (χ1n) is 15.1. The summed E-state index contributed by atoms with van der Waals surface area (Å²) in [4.78, 5) is 35.4. The van der Waals surface area contributed by atoms with Crippen LogP contribution in [0.15, 0.2) is 24.3 Å². The van der Waals surface area contributed by atoms with Gasteiger partial charge >= 0.3 is 12.2 Å². The first kappa shape index (κ1) is 34.5. The van der Waals surface area contributed by atoms with E-state index in [4.69, 9.17) is 32.7 Å². The Morgan fingerprint density at radius 2 is 1.85 bits per heavy atom. The topological polar surface area (TPSA) is 95.8 Å². The van der Waals surface area contributed by atoms with Crippen LogP contribution in [0.3, 0.4) is 0 Å². The van der Waals surface area contributed by atoms with Gasteiger partial charge in [-0.05, 0) is 102 Å². The summed E-state index contributed by atoms with van der Waals surface area (Å²) in [6, 6.07) is 8.16. The zero-order chi connectivity index (χ0) is 33.9. The highest BCUT2D eigenvalue weighted by Gasteiger charge is 2.59. The standard InChI is InChI=1S/C34H36Cl2FIN4O4/c1-17-27(38)30(21-14-18(10-9-13-39)24(26(37)28(21)40-17)20-11-8-12-22(35)25(20)36)42(32(44)46-34(5,6)7)29-19-15-23(29)41(16-19)31(43)45-33(2,3)4/h8,11-12,14,19,23,29H,9-10,15-16H2,1-7H3/t19-,23-,29?/m1/s1. The van der Waals surface area contributed by atoms with Crippen LogP contribution in [0.5, 0.6) is 0 Å². The van der Waals surface area contributed by atoms with Crippen LogP contribution in [-0.2, 0) is 15.9 Å². The third-order valence-electron chi connectivity index (χ3n) is 8.12. The van der Waals surface area contributed by atoms with Gasteiger partial charge in [0.25, 0.3) is 0 Å². The molecule has 3 fully saturated rings. The van der Waals surface area contributed by atoms with Crippen molar-refractivity contribution in [2.24, 2.45) is 5.92 Å². The third kappa shape index (κ3) is 6.47. The molecule has 0 N–H and O–H groups in total. The first-order chi connectivity index (χ1) is 21.4. The highest BCUT2D eigenvalue weighted by atomic mass is 127. The average molecular weight is 781 g/mol. The average Bonchev–Trinajstić information content (AvgIpc) is 3.53. The van der Waals surface area contributed by atoms with E-state index in [0.29, 0.717) is 44.4 Å². The number of anilines is 1. The van der Waals surface area contributed by atoms with E-state index in [1.807, 2.05) is 20.8 Å². The summed E-state index contributed by atoms with van der Waals surface area (Å²) in [6.07, 6.45) is -0.0103. The van der Waals surface area contributed by atoms with Crippen LogP contribution in [0.2, 0.25) is 10.0 Å². The van der Waals surface area contributed by atoms with Gasteiger partial charge in [0.05, 0.1) is 43.1 Å². The fourth-order valence-electron chi connectivity index (χ4n) is 6.28. The minimum absolute atomic E-state index is 0.0446. The zero-order valence-electron chi connectivity index (χ0n) is 26.8. The van der Waals surface area contributed by atoms with Crippen molar-refractivity contribution in [3.8, 4) is 17.2 Å². The Hall–Kier alpha value is -2.88. The van der Waals surface area contributed by atoms with Gasteiger partial charge in [0.2, 0.25) is 0 Å². The maximum atomic E-state index is 16.9. The van der Waals surface area contributed by atoms with Crippen molar-refractivity contribution in [2.45, 2.75) is 91.0 Å². The van der Waals surface area contributed by atoms with E-state index in [2.05, 4.69) is 33.6 Å². The molecule has 3 atom stereocenters. The smallest absolute Gasteiger partial charge is 0.415 e. The van der Waals surface area contributed by atoms with Gasteiger partial charge in [-0.15, -0.1) is 0 Å². The van der Waals surface area contributed by atoms with Gasteiger partial charge < -0.3 is 14.4 Å². The quantitative estimate of drug-likeness (QED) is 0.240. The lowest BCUT2D eigenvalue weighted by molar-refractivity contribution is 0.0216. The summed E-state index contributed by atoms with van der Waals surface area (Å²) in [7, 11) is 0. The summed E-state index contributed by atoms with van der Waals surface area (Å²) < 4.78 is 29.2. The molecule has 2 aliphatic heterocycles. The molecule has 3 heterocycles. The number of hydrogen-bond acceptors (Lipinski definition) is 6. The Kier molecular flexibility index (Phi) is 9.45. The largest absolute Gasteiger partial charge is 0.444 e. The number of carbonyl (C=O) groups is 2. The SMILES string of the molecule is Cc1nc2c(F)c(-c3cccc(Cl)c3Cl)c(CCC#N)cc2c(N(C(=O)OC(C)(C)C)C2[C@@H]3C[C@H]2N(C(=O)OC(C)(C)C)C3)c1I. The second-order valence-electron chi connectivity index (χ2n) is 13.8. The third-order valence-corrected chi connectivity index (χ3v) is 10.2. The number of halogens is 4. The molecule has 46 heavy (non-hydrogen) atoms. The molecular weight excluding hydrogens is 745 g/mol. The van der Waals surface area contributed by atoms with Crippen molar-refractivity contribution in [2.75, 3.05) is 11.4 Å². The maximum Gasteiger partial charge on any atom is 0.415 e. The lowest BCUT2D eigenvalue weighted by Crippen LogP contribution is -2.59. The minimum Gasteiger partial charge on any atom is -0.444 e. The molecule has 2 aromatic carbocycles. The Morgan fingerprint density at radius 3 is 2.48 bits per heavy atom. The number of nitriles is 1. The molecule has 2 saturated heterocycles. The molecule has 1 saturated carbocycles. The molecule has 3 aliphatic rings. The van der Waals surface area contributed by atoms with E-state index < -0.39 is 35.2 Å². The maximum absolute atomic E-state index is 16.9. The second-order valence-corrected chi connectivity index (χ2v) is 15.6. The van der Waals surface area contributed by atoms with Gasteiger partial charge in [0.15, 0.2) is 5.82 Å². The molecule has 1 unspecified atom stereocenters. The fourth-order valence-corrected chi connectivity index (χ4v) is 7.34. The summed E-state index contributed by atoms with van der Waals surface area (Å²) in [5.74, 6) is -0.678. The molecule has 2 amide bonds. The number of benzene rings is 2. The molecule has 6 rings (SSSR count). The van der Waals surface area contributed by atoms with Crippen LogP contribution in [0, 0.1) is 33.6 Å². The summed E-state index contributed by atoms with van der Waals surface area (Å²) in [6.45, 7) is 13.0.